The molecule has 1 rings (SSSR count). The van der Waals surface area contributed by atoms with Crippen LogP contribution in [0.15, 0.2) is 0 Å². The minimum absolute atomic E-state index is 0.0265. The molecule has 2 unspecified atom stereocenters. The van der Waals surface area contributed by atoms with Crippen molar-refractivity contribution >= 4 is 0 Å². The van der Waals surface area contributed by atoms with Crippen molar-refractivity contribution in [1.29, 1.82) is 0 Å². The molecule has 1 saturated heterocycles. The smallest absolute Gasteiger partial charge is 0.0930 e. The van der Waals surface area contributed by atoms with Crippen molar-refractivity contribution in [3.05, 3.63) is 0 Å². The quantitative estimate of drug-likeness (QED) is 0.689. The fraction of sp³-hybridized carbons (Fsp3) is 1.00. The van der Waals surface area contributed by atoms with Gasteiger partial charge >= 0.3 is 0 Å². The number of ether oxygens (including phenoxy) is 3. The van der Waals surface area contributed by atoms with Crippen LogP contribution in [0.1, 0.15) is 26.2 Å². The van der Waals surface area contributed by atoms with Crippen LogP contribution in [0.5, 0.6) is 0 Å². The Labute approximate surface area is 92.1 Å². The Kier molecular flexibility index (Phi) is 6.92. The number of rotatable bonds is 7. The van der Waals surface area contributed by atoms with Crippen LogP contribution in [0.4, 0.5) is 0 Å². The summed E-state index contributed by atoms with van der Waals surface area (Å²) in [5.74, 6) is 0. The van der Waals surface area contributed by atoms with Gasteiger partial charge in [0.05, 0.1) is 25.4 Å². The number of hydrogen-bond donors (Lipinski definition) is 1. The highest BCUT2D eigenvalue weighted by molar-refractivity contribution is 4.63. The molecule has 0 bridgehead atoms. The van der Waals surface area contributed by atoms with E-state index in [0.29, 0.717) is 26.4 Å². The summed E-state index contributed by atoms with van der Waals surface area (Å²) < 4.78 is 16.5. The monoisotopic (exact) mass is 217 g/mol. The van der Waals surface area contributed by atoms with Crippen molar-refractivity contribution in [2.75, 3.05) is 33.0 Å². The van der Waals surface area contributed by atoms with Gasteiger partial charge in [0.25, 0.3) is 0 Å². The predicted octanol–water partition coefficient (Wildman–Crippen LogP) is 0.936. The third-order valence-corrected chi connectivity index (χ3v) is 2.55. The zero-order valence-corrected chi connectivity index (χ0v) is 9.61. The highest BCUT2D eigenvalue weighted by atomic mass is 16.6. The van der Waals surface area contributed by atoms with Gasteiger partial charge in [-0.15, -0.1) is 0 Å². The summed E-state index contributed by atoms with van der Waals surface area (Å²) in [6.45, 7) is 5.28. The van der Waals surface area contributed by atoms with E-state index in [9.17, 15) is 0 Å². The van der Waals surface area contributed by atoms with E-state index in [1.807, 2.05) is 6.92 Å². The van der Waals surface area contributed by atoms with Crippen LogP contribution >= 0.6 is 0 Å². The lowest BCUT2D eigenvalue weighted by Gasteiger charge is -2.23. The maximum absolute atomic E-state index is 5.56. The third-order valence-electron chi connectivity index (χ3n) is 2.55. The molecule has 90 valence electrons. The average Bonchev–Trinajstić information content (AvgIpc) is 2.29. The molecule has 4 nitrogen and oxygen atoms in total. The summed E-state index contributed by atoms with van der Waals surface area (Å²) in [6, 6.07) is 0. The van der Waals surface area contributed by atoms with Crippen LogP contribution in [0.25, 0.3) is 0 Å². The van der Waals surface area contributed by atoms with Crippen LogP contribution in [0, 0.1) is 0 Å². The van der Waals surface area contributed by atoms with Gasteiger partial charge in [0.15, 0.2) is 0 Å². The van der Waals surface area contributed by atoms with Gasteiger partial charge in [-0.3, -0.25) is 0 Å². The van der Waals surface area contributed by atoms with Crippen LogP contribution in [-0.2, 0) is 14.2 Å². The van der Waals surface area contributed by atoms with Crippen molar-refractivity contribution in [3.8, 4) is 0 Å². The van der Waals surface area contributed by atoms with Gasteiger partial charge in [0.2, 0.25) is 0 Å². The van der Waals surface area contributed by atoms with E-state index in [1.54, 1.807) is 0 Å². The minimum Gasteiger partial charge on any atom is -0.376 e. The Balaban J connectivity index is 2.03. The fourth-order valence-electron chi connectivity index (χ4n) is 1.69. The van der Waals surface area contributed by atoms with Gasteiger partial charge in [-0.2, -0.15) is 0 Å². The first-order valence-electron chi connectivity index (χ1n) is 5.87. The molecule has 2 atom stereocenters. The zero-order chi connectivity index (χ0) is 10.9. The normalized spacial score (nSPS) is 24.0. The Hall–Kier alpha value is -0.160. The van der Waals surface area contributed by atoms with Crippen LogP contribution < -0.4 is 5.73 Å². The highest BCUT2D eigenvalue weighted by Crippen LogP contribution is 2.12. The van der Waals surface area contributed by atoms with E-state index in [2.05, 4.69) is 0 Å². The van der Waals surface area contributed by atoms with Crippen molar-refractivity contribution in [2.45, 2.75) is 38.4 Å². The molecule has 15 heavy (non-hydrogen) atoms. The fourth-order valence-corrected chi connectivity index (χ4v) is 1.69. The lowest BCUT2D eigenvalue weighted by atomic mass is 10.1. The maximum Gasteiger partial charge on any atom is 0.0930 e. The molecule has 0 aliphatic carbocycles. The van der Waals surface area contributed by atoms with E-state index in [0.717, 1.165) is 13.0 Å². The van der Waals surface area contributed by atoms with Crippen LogP contribution in [0.3, 0.4) is 0 Å². The first kappa shape index (κ1) is 12.9. The van der Waals surface area contributed by atoms with Gasteiger partial charge in [0, 0.05) is 19.8 Å². The topological polar surface area (TPSA) is 53.7 Å². The van der Waals surface area contributed by atoms with E-state index in [1.165, 1.54) is 12.8 Å². The van der Waals surface area contributed by atoms with Gasteiger partial charge < -0.3 is 19.9 Å². The van der Waals surface area contributed by atoms with Crippen LogP contribution in [0.2, 0.25) is 0 Å². The summed E-state index contributed by atoms with van der Waals surface area (Å²) in [5, 5.41) is 0. The molecule has 2 N–H and O–H groups in total. The molecule has 1 aliphatic rings. The van der Waals surface area contributed by atoms with Crippen molar-refractivity contribution in [1.82, 2.24) is 0 Å². The SMILES string of the molecule is CCOC(CN)COCC1CCCCO1. The molecule has 1 heterocycles. The summed E-state index contributed by atoms with van der Waals surface area (Å²) in [7, 11) is 0. The molecule has 0 radical (unpaired) electrons. The summed E-state index contributed by atoms with van der Waals surface area (Å²) in [4.78, 5) is 0. The second-order valence-electron chi connectivity index (χ2n) is 3.84. The summed E-state index contributed by atoms with van der Waals surface area (Å²) in [6.07, 6.45) is 3.85. The van der Waals surface area contributed by atoms with E-state index < -0.39 is 0 Å². The van der Waals surface area contributed by atoms with Gasteiger partial charge in [0.1, 0.15) is 0 Å². The first-order valence-corrected chi connectivity index (χ1v) is 5.87. The number of hydrogen-bond acceptors (Lipinski definition) is 4. The van der Waals surface area contributed by atoms with Gasteiger partial charge in [-0.1, -0.05) is 0 Å². The summed E-state index contributed by atoms with van der Waals surface area (Å²) >= 11 is 0. The van der Waals surface area contributed by atoms with E-state index in [4.69, 9.17) is 19.9 Å². The Morgan fingerprint density at radius 3 is 2.93 bits per heavy atom. The molecule has 1 aliphatic heterocycles. The second kappa shape index (κ2) is 8.05. The van der Waals surface area contributed by atoms with Gasteiger partial charge in [-0.25, -0.2) is 0 Å². The molecule has 1 fully saturated rings. The molecule has 0 amide bonds. The molecule has 0 saturated carbocycles. The molecule has 0 aromatic rings. The lowest BCUT2D eigenvalue weighted by molar-refractivity contribution is -0.0663. The summed E-state index contributed by atoms with van der Waals surface area (Å²) in [5.41, 5.74) is 5.54. The van der Waals surface area contributed by atoms with E-state index in [-0.39, 0.29) is 12.2 Å². The third kappa shape index (κ3) is 5.47. The predicted molar refractivity (Wildman–Crippen MR) is 58.9 cm³/mol. The Morgan fingerprint density at radius 2 is 2.33 bits per heavy atom. The molecular weight excluding hydrogens is 194 g/mol. The van der Waals surface area contributed by atoms with Crippen molar-refractivity contribution in [2.24, 2.45) is 5.73 Å². The zero-order valence-electron chi connectivity index (χ0n) is 9.61. The van der Waals surface area contributed by atoms with Gasteiger partial charge in [-0.05, 0) is 26.2 Å². The minimum atomic E-state index is 0.0265. The average molecular weight is 217 g/mol. The highest BCUT2D eigenvalue weighted by Gasteiger charge is 2.14. The Bertz CT molecular complexity index is 144. The number of nitrogens with two attached hydrogens (primary N) is 1. The molecule has 0 aromatic carbocycles. The standard InChI is InChI=1S/C11H23NO3/c1-2-14-11(7-12)9-13-8-10-5-3-4-6-15-10/h10-11H,2-9,12H2,1H3. The van der Waals surface area contributed by atoms with Crippen LogP contribution in [-0.4, -0.2) is 45.2 Å². The molecule has 4 heteroatoms. The second-order valence-corrected chi connectivity index (χ2v) is 3.84. The van der Waals surface area contributed by atoms with Crippen molar-refractivity contribution < 1.29 is 14.2 Å². The first-order chi connectivity index (χ1) is 7.36. The molecule has 0 aromatic heterocycles. The van der Waals surface area contributed by atoms with Crippen molar-refractivity contribution in [3.63, 3.8) is 0 Å². The van der Waals surface area contributed by atoms with E-state index >= 15 is 0 Å². The lowest BCUT2D eigenvalue weighted by Crippen LogP contribution is -2.31. The molecule has 0 spiro atoms. The Morgan fingerprint density at radius 1 is 1.47 bits per heavy atom. The molecular formula is C11H23NO3. The largest absolute Gasteiger partial charge is 0.376 e. The maximum atomic E-state index is 5.56.